The van der Waals surface area contributed by atoms with Crippen LogP contribution in [0.15, 0.2) is 5.51 Å². The number of aryl methyl sites for hydroxylation is 2. The molecule has 0 bridgehead atoms. The lowest BCUT2D eigenvalue weighted by atomic mass is 10.2. The quantitative estimate of drug-likeness (QED) is 0.725. The van der Waals surface area contributed by atoms with Gasteiger partial charge in [0.15, 0.2) is 0 Å². The van der Waals surface area contributed by atoms with Gasteiger partial charge in [-0.3, -0.25) is 9.89 Å². The van der Waals surface area contributed by atoms with Crippen molar-refractivity contribution in [2.45, 2.75) is 26.3 Å². The van der Waals surface area contributed by atoms with Crippen LogP contribution in [0.5, 0.6) is 0 Å². The zero-order valence-electron chi connectivity index (χ0n) is 9.93. The number of rotatable bonds is 5. The van der Waals surface area contributed by atoms with Crippen LogP contribution >= 0.6 is 11.3 Å². The van der Waals surface area contributed by atoms with Crippen LogP contribution in [0, 0.1) is 6.92 Å². The molecule has 0 fully saturated rings. The van der Waals surface area contributed by atoms with Crippen molar-refractivity contribution >= 4 is 23.2 Å². The van der Waals surface area contributed by atoms with Gasteiger partial charge in [-0.1, -0.05) is 0 Å². The molecule has 1 amide bonds. The summed E-state index contributed by atoms with van der Waals surface area (Å²) in [5, 5.41) is 9.06. The Labute approximate surface area is 108 Å². The van der Waals surface area contributed by atoms with E-state index in [0.29, 0.717) is 25.2 Å². The predicted molar refractivity (Wildman–Crippen MR) is 67.8 cm³/mol. The van der Waals surface area contributed by atoms with Gasteiger partial charge in [-0.15, -0.1) is 16.4 Å². The standard InChI is InChI=1S/C10H14N6OS/c1-6-7(18-5-13-6)2-3-9(17)12-4-8-14-10(11)16-15-8/h5H,2-4H2,1H3,(H,12,17)(H3,11,14,15,16). The van der Waals surface area contributed by atoms with E-state index in [1.54, 1.807) is 16.8 Å². The second kappa shape index (κ2) is 5.58. The van der Waals surface area contributed by atoms with E-state index in [1.807, 2.05) is 6.92 Å². The number of H-pyrrole nitrogens is 1. The van der Waals surface area contributed by atoms with Gasteiger partial charge in [-0.25, -0.2) is 4.98 Å². The van der Waals surface area contributed by atoms with Gasteiger partial charge in [0, 0.05) is 11.3 Å². The molecule has 0 radical (unpaired) electrons. The summed E-state index contributed by atoms with van der Waals surface area (Å²) in [5.74, 6) is 0.701. The largest absolute Gasteiger partial charge is 0.367 e. The molecule has 0 unspecified atom stereocenters. The van der Waals surface area contributed by atoms with Gasteiger partial charge in [-0.05, 0) is 13.3 Å². The minimum atomic E-state index is -0.0298. The molecular formula is C10H14N6OS. The number of nitrogen functional groups attached to an aromatic ring is 1. The van der Waals surface area contributed by atoms with E-state index in [0.717, 1.165) is 10.6 Å². The molecular weight excluding hydrogens is 252 g/mol. The number of anilines is 1. The zero-order valence-corrected chi connectivity index (χ0v) is 10.8. The van der Waals surface area contributed by atoms with E-state index in [1.165, 1.54) is 0 Å². The number of thiazole rings is 1. The molecule has 18 heavy (non-hydrogen) atoms. The highest BCUT2D eigenvalue weighted by molar-refractivity contribution is 7.09. The van der Waals surface area contributed by atoms with Crippen LogP contribution < -0.4 is 11.1 Å². The smallest absolute Gasteiger partial charge is 0.239 e. The predicted octanol–water partition coefficient (Wildman–Crippen LogP) is 0.401. The molecule has 0 aliphatic carbocycles. The highest BCUT2D eigenvalue weighted by Crippen LogP contribution is 2.13. The molecule has 0 saturated carbocycles. The maximum absolute atomic E-state index is 11.6. The van der Waals surface area contributed by atoms with Gasteiger partial charge >= 0.3 is 0 Å². The lowest BCUT2D eigenvalue weighted by Gasteiger charge is -2.02. The third kappa shape index (κ3) is 3.27. The lowest BCUT2D eigenvalue weighted by molar-refractivity contribution is -0.121. The van der Waals surface area contributed by atoms with E-state index in [-0.39, 0.29) is 11.9 Å². The molecule has 0 aromatic carbocycles. The van der Waals surface area contributed by atoms with E-state index < -0.39 is 0 Å². The molecule has 0 spiro atoms. The third-order valence-electron chi connectivity index (χ3n) is 2.43. The number of hydrogen-bond acceptors (Lipinski definition) is 6. The number of aromatic nitrogens is 4. The number of nitrogens with zero attached hydrogens (tertiary/aromatic N) is 3. The van der Waals surface area contributed by atoms with Crippen molar-refractivity contribution in [1.29, 1.82) is 0 Å². The zero-order chi connectivity index (χ0) is 13.0. The number of carbonyl (C=O) groups excluding carboxylic acids is 1. The summed E-state index contributed by atoms with van der Waals surface area (Å²) in [6.07, 6.45) is 1.15. The second-order valence-electron chi connectivity index (χ2n) is 3.78. The van der Waals surface area contributed by atoms with E-state index >= 15 is 0 Å². The first-order valence-corrected chi connectivity index (χ1v) is 6.35. The van der Waals surface area contributed by atoms with Gasteiger partial charge in [0.05, 0.1) is 17.7 Å². The Morgan fingerprint density at radius 2 is 2.44 bits per heavy atom. The molecule has 2 aromatic heterocycles. The van der Waals surface area contributed by atoms with Gasteiger partial charge < -0.3 is 11.1 Å². The van der Waals surface area contributed by atoms with E-state index in [4.69, 9.17) is 5.73 Å². The molecule has 0 aliphatic heterocycles. The van der Waals surface area contributed by atoms with Crippen LogP contribution in [-0.4, -0.2) is 26.1 Å². The molecule has 0 aliphatic rings. The number of carbonyl (C=O) groups is 1. The summed E-state index contributed by atoms with van der Waals surface area (Å²) in [5.41, 5.74) is 8.14. The fourth-order valence-corrected chi connectivity index (χ4v) is 2.23. The summed E-state index contributed by atoms with van der Waals surface area (Å²) in [6, 6.07) is 0. The first-order valence-electron chi connectivity index (χ1n) is 5.47. The third-order valence-corrected chi connectivity index (χ3v) is 3.42. The highest BCUT2D eigenvalue weighted by atomic mass is 32.1. The normalized spacial score (nSPS) is 10.5. The van der Waals surface area contributed by atoms with Crippen molar-refractivity contribution < 1.29 is 4.79 Å². The number of nitrogens with one attached hydrogen (secondary N) is 2. The van der Waals surface area contributed by atoms with Gasteiger partial charge in [0.2, 0.25) is 11.9 Å². The molecule has 96 valence electrons. The summed E-state index contributed by atoms with van der Waals surface area (Å²) >= 11 is 1.57. The van der Waals surface area contributed by atoms with E-state index in [9.17, 15) is 4.79 Å². The fraction of sp³-hybridized carbons (Fsp3) is 0.400. The Morgan fingerprint density at radius 1 is 1.61 bits per heavy atom. The monoisotopic (exact) mass is 266 g/mol. The summed E-state index contributed by atoms with van der Waals surface area (Å²) in [7, 11) is 0. The van der Waals surface area contributed by atoms with Crippen molar-refractivity contribution in [3.05, 3.63) is 21.9 Å². The molecule has 8 heteroatoms. The molecule has 2 rings (SSSR count). The Morgan fingerprint density at radius 3 is 3.06 bits per heavy atom. The minimum Gasteiger partial charge on any atom is -0.367 e. The van der Waals surface area contributed by atoms with Crippen molar-refractivity contribution in [1.82, 2.24) is 25.5 Å². The number of aromatic amines is 1. The number of nitrogens with two attached hydrogens (primary N) is 1. The van der Waals surface area contributed by atoms with E-state index in [2.05, 4.69) is 25.5 Å². The van der Waals surface area contributed by atoms with Crippen LogP contribution in [0.3, 0.4) is 0 Å². The van der Waals surface area contributed by atoms with Crippen LogP contribution in [-0.2, 0) is 17.8 Å². The van der Waals surface area contributed by atoms with Crippen molar-refractivity contribution in [3.63, 3.8) is 0 Å². The average molecular weight is 266 g/mol. The Balaban J connectivity index is 1.74. The van der Waals surface area contributed by atoms with Crippen LogP contribution in [0.2, 0.25) is 0 Å². The molecule has 0 saturated heterocycles. The Bertz CT molecular complexity index is 534. The van der Waals surface area contributed by atoms with Gasteiger partial charge in [-0.2, -0.15) is 4.98 Å². The lowest BCUT2D eigenvalue weighted by Crippen LogP contribution is -2.23. The topological polar surface area (TPSA) is 110 Å². The highest BCUT2D eigenvalue weighted by Gasteiger charge is 2.07. The number of amides is 1. The molecule has 2 aromatic rings. The van der Waals surface area contributed by atoms with Gasteiger partial charge in [0.1, 0.15) is 5.82 Å². The molecule has 4 N–H and O–H groups in total. The van der Waals surface area contributed by atoms with Gasteiger partial charge in [0.25, 0.3) is 0 Å². The molecule has 0 atom stereocenters. The maximum Gasteiger partial charge on any atom is 0.239 e. The second-order valence-corrected chi connectivity index (χ2v) is 4.72. The first-order chi connectivity index (χ1) is 8.65. The summed E-state index contributed by atoms with van der Waals surface area (Å²) in [6.45, 7) is 2.26. The number of hydrogen-bond donors (Lipinski definition) is 3. The van der Waals surface area contributed by atoms with Crippen molar-refractivity contribution in [2.75, 3.05) is 5.73 Å². The van der Waals surface area contributed by atoms with Crippen LogP contribution in [0.25, 0.3) is 0 Å². The minimum absolute atomic E-state index is 0.0298. The first kappa shape index (κ1) is 12.5. The SMILES string of the molecule is Cc1ncsc1CCC(=O)NCc1nc(N)n[nH]1. The van der Waals surface area contributed by atoms with Crippen molar-refractivity contribution in [3.8, 4) is 0 Å². The summed E-state index contributed by atoms with van der Waals surface area (Å²) < 4.78 is 0. The Kier molecular flexibility index (Phi) is 3.88. The summed E-state index contributed by atoms with van der Waals surface area (Å²) in [4.78, 5) is 20.8. The molecule has 7 nitrogen and oxygen atoms in total. The van der Waals surface area contributed by atoms with Crippen LogP contribution in [0.1, 0.15) is 22.8 Å². The Hall–Kier alpha value is -1.96. The van der Waals surface area contributed by atoms with Crippen molar-refractivity contribution in [2.24, 2.45) is 0 Å². The maximum atomic E-state index is 11.6. The van der Waals surface area contributed by atoms with Crippen LogP contribution in [0.4, 0.5) is 5.95 Å². The fourth-order valence-electron chi connectivity index (χ4n) is 1.45. The molecule has 2 heterocycles. The average Bonchev–Trinajstić information content (AvgIpc) is 2.93.